The number of amides is 1. The zero-order valence-electron chi connectivity index (χ0n) is 10.9. The normalized spacial score (nSPS) is 16.9. The SMILES string of the molecule is NCC#Cc1csc(CN2CCC(C(N)=O)CC2)c1. The second kappa shape index (κ2) is 6.71. The molecular weight excluding hydrogens is 258 g/mol. The Hall–Kier alpha value is -1.35. The summed E-state index contributed by atoms with van der Waals surface area (Å²) in [5.41, 5.74) is 11.7. The van der Waals surface area contributed by atoms with E-state index < -0.39 is 0 Å². The Labute approximate surface area is 117 Å². The van der Waals surface area contributed by atoms with E-state index in [-0.39, 0.29) is 11.8 Å². The standard InChI is InChI=1S/C14H19N3OS/c15-5-1-2-11-8-13(19-10-11)9-17-6-3-12(4-7-17)14(16)18/h8,10,12H,3-7,9,15H2,(H2,16,18). The lowest BCUT2D eigenvalue weighted by molar-refractivity contribution is -0.123. The summed E-state index contributed by atoms with van der Waals surface area (Å²) >= 11 is 1.72. The number of rotatable bonds is 3. The van der Waals surface area contributed by atoms with Crippen molar-refractivity contribution in [1.82, 2.24) is 4.90 Å². The number of thiophene rings is 1. The molecule has 19 heavy (non-hydrogen) atoms. The van der Waals surface area contributed by atoms with Crippen LogP contribution in [-0.2, 0) is 11.3 Å². The van der Waals surface area contributed by atoms with Crippen molar-refractivity contribution >= 4 is 17.2 Å². The van der Waals surface area contributed by atoms with Crippen LogP contribution in [0, 0.1) is 17.8 Å². The van der Waals surface area contributed by atoms with Crippen LogP contribution < -0.4 is 11.5 Å². The summed E-state index contributed by atoms with van der Waals surface area (Å²) in [5.74, 6) is 5.80. The molecular formula is C14H19N3OS. The molecule has 1 saturated heterocycles. The zero-order valence-corrected chi connectivity index (χ0v) is 11.7. The van der Waals surface area contributed by atoms with Crippen molar-refractivity contribution in [3.8, 4) is 11.8 Å². The van der Waals surface area contributed by atoms with Crippen LogP contribution in [0.25, 0.3) is 0 Å². The maximum Gasteiger partial charge on any atom is 0.220 e. The number of primary amides is 1. The van der Waals surface area contributed by atoms with E-state index in [4.69, 9.17) is 11.5 Å². The highest BCUT2D eigenvalue weighted by molar-refractivity contribution is 7.10. The van der Waals surface area contributed by atoms with Crippen LogP contribution in [-0.4, -0.2) is 30.4 Å². The largest absolute Gasteiger partial charge is 0.369 e. The molecule has 1 aliphatic heterocycles. The third-order valence-corrected chi connectivity index (χ3v) is 4.28. The van der Waals surface area contributed by atoms with Gasteiger partial charge in [0.15, 0.2) is 0 Å². The van der Waals surface area contributed by atoms with Gasteiger partial charge in [0.05, 0.1) is 6.54 Å². The lowest BCUT2D eigenvalue weighted by Crippen LogP contribution is -2.37. The van der Waals surface area contributed by atoms with E-state index in [0.29, 0.717) is 6.54 Å². The number of piperidine rings is 1. The molecule has 0 bridgehead atoms. The smallest absolute Gasteiger partial charge is 0.220 e. The number of hydrogen-bond donors (Lipinski definition) is 2. The molecule has 5 heteroatoms. The molecule has 0 atom stereocenters. The maximum atomic E-state index is 11.1. The van der Waals surface area contributed by atoms with Crippen LogP contribution in [0.4, 0.5) is 0 Å². The van der Waals surface area contributed by atoms with Gasteiger partial charge in [0.2, 0.25) is 5.91 Å². The molecule has 1 aromatic rings. The highest BCUT2D eigenvalue weighted by Crippen LogP contribution is 2.21. The summed E-state index contributed by atoms with van der Waals surface area (Å²) in [6, 6.07) is 2.12. The lowest BCUT2D eigenvalue weighted by atomic mass is 9.96. The van der Waals surface area contributed by atoms with Crippen LogP contribution in [0.3, 0.4) is 0 Å². The van der Waals surface area contributed by atoms with Gasteiger partial charge in [-0.3, -0.25) is 9.69 Å². The number of carbonyl (C=O) groups excluding carboxylic acids is 1. The minimum Gasteiger partial charge on any atom is -0.369 e. The molecule has 0 spiro atoms. The monoisotopic (exact) mass is 277 g/mol. The van der Waals surface area contributed by atoms with Gasteiger partial charge in [-0.05, 0) is 32.0 Å². The van der Waals surface area contributed by atoms with E-state index >= 15 is 0 Å². The molecule has 0 aliphatic carbocycles. The highest BCUT2D eigenvalue weighted by atomic mass is 32.1. The number of nitrogens with zero attached hydrogens (tertiary/aromatic N) is 1. The summed E-state index contributed by atoms with van der Waals surface area (Å²) in [7, 11) is 0. The molecule has 4 nitrogen and oxygen atoms in total. The van der Waals surface area contributed by atoms with E-state index in [9.17, 15) is 4.79 Å². The van der Waals surface area contributed by atoms with E-state index in [2.05, 4.69) is 28.2 Å². The van der Waals surface area contributed by atoms with Gasteiger partial charge in [-0.1, -0.05) is 11.8 Å². The first-order chi connectivity index (χ1) is 9.19. The van der Waals surface area contributed by atoms with Crippen LogP contribution in [0.2, 0.25) is 0 Å². The van der Waals surface area contributed by atoms with Crippen LogP contribution in [0.5, 0.6) is 0 Å². The number of nitrogens with two attached hydrogens (primary N) is 2. The van der Waals surface area contributed by atoms with Gasteiger partial charge >= 0.3 is 0 Å². The Morgan fingerprint density at radius 2 is 2.21 bits per heavy atom. The van der Waals surface area contributed by atoms with Crippen molar-refractivity contribution in [1.29, 1.82) is 0 Å². The zero-order chi connectivity index (χ0) is 13.7. The first-order valence-electron chi connectivity index (χ1n) is 6.47. The third-order valence-electron chi connectivity index (χ3n) is 3.36. The first kappa shape index (κ1) is 14.1. The van der Waals surface area contributed by atoms with Crippen molar-refractivity contribution in [2.24, 2.45) is 17.4 Å². The first-order valence-corrected chi connectivity index (χ1v) is 7.35. The van der Waals surface area contributed by atoms with Gasteiger partial charge in [-0.2, -0.15) is 0 Å². The predicted molar refractivity (Wildman–Crippen MR) is 77.4 cm³/mol. The topological polar surface area (TPSA) is 72.3 Å². The Morgan fingerprint density at radius 1 is 1.47 bits per heavy atom. The maximum absolute atomic E-state index is 11.1. The number of carbonyl (C=O) groups is 1. The number of hydrogen-bond acceptors (Lipinski definition) is 4. The molecule has 1 aromatic heterocycles. The van der Waals surface area contributed by atoms with Crippen molar-refractivity contribution in [3.63, 3.8) is 0 Å². The van der Waals surface area contributed by atoms with Crippen LogP contribution >= 0.6 is 11.3 Å². The molecule has 0 unspecified atom stereocenters. The Kier molecular flexibility index (Phi) is 4.97. The van der Waals surface area contributed by atoms with Crippen molar-refractivity contribution < 1.29 is 4.79 Å². The van der Waals surface area contributed by atoms with Gasteiger partial charge in [0.25, 0.3) is 0 Å². The van der Waals surface area contributed by atoms with Crippen molar-refractivity contribution in [3.05, 3.63) is 21.9 Å². The fraction of sp³-hybridized carbons (Fsp3) is 0.500. The van der Waals surface area contributed by atoms with Gasteiger partial charge in [-0.15, -0.1) is 11.3 Å². The van der Waals surface area contributed by atoms with Gasteiger partial charge < -0.3 is 11.5 Å². The molecule has 102 valence electrons. The van der Waals surface area contributed by atoms with E-state index in [1.807, 2.05) is 0 Å². The molecule has 2 heterocycles. The fourth-order valence-electron chi connectivity index (χ4n) is 2.28. The predicted octanol–water partition coefficient (Wildman–Crippen LogP) is 0.756. The molecule has 0 saturated carbocycles. The molecule has 1 amide bonds. The Bertz CT molecular complexity index is 492. The molecule has 4 N–H and O–H groups in total. The quantitative estimate of drug-likeness (QED) is 0.801. The molecule has 1 aliphatic rings. The van der Waals surface area contributed by atoms with Crippen molar-refractivity contribution in [2.75, 3.05) is 19.6 Å². The molecule has 0 radical (unpaired) electrons. The summed E-state index contributed by atoms with van der Waals surface area (Å²) in [5, 5.41) is 2.06. The summed E-state index contributed by atoms with van der Waals surface area (Å²) < 4.78 is 0. The molecule has 0 aromatic carbocycles. The van der Waals surface area contributed by atoms with Crippen LogP contribution in [0.1, 0.15) is 23.3 Å². The summed E-state index contributed by atoms with van der Waals surface area (Å²) in [4.78, 5) is 14.8. The average molecular weight is 277 g/mol. The minimum atomic E-state index is -0.157. The van der Waals surface area contributed by atoms with Crippen molar-refractivity contribution in [2.45, 2.75) is 19.4 Å². The van der Waals surface area contributed by atoms with Crippen LogP contribution in [0.15, 0.2) is 11.4 Å². The Balaban J connectivity index is 1.85. The minimum absolute atomic E-state index is 0.0607. The summed E-state index contributed by atoms with van der Waals surface area (Å²) in [6.45, 7) is 3.21. The van der Waals surface area contributed by atoms with Gasteiger partial charge in [0.1, 0.15) is 0 Å². The second-order valence-electron chi connectivity index (χ2n) is 4.76. The van der Waals surface area contributed by atoms with E-state index in [1.54, 1.807) is 11.3 Å². The Morgan fingerprint density at radius 3 is 2.84 bits per heavy atom. The average Bonchev–Trinajstić information content (AvgIpc) is 2.84. The number of likely N-dealkylation sites (tertiary alicyclic amines) is 1. The fourth-order valence-corrected chi connectivity index (χ4v) is 3.14. The third kappa shape index (κ3) is 4.06. The van der Waals surface area contributed by atoms with Gasteiger partial charge in [0, 0.05) is 28.3 Å². The van der Waals surface area contributed by atoms with Gasteiger partial charge in [-0.25, -0.2) is 0 Å². The molecule has 2 rings (SSSR count). The highest BCUT2D eigenvalue weighted by Gasteiger charge is 2.23. The van der Waals surface area contributed by atoms with E-state index in [0.717, 1.165) is 38.0 Å². The molecule has 1 fully saturated rings. The lowest BCUT2D eigenvalue weighted by Gasteiger charge is -2.29. The second-order valence-corrected chi connectivity index (χ2v) is 5.76. The summed E-state index contributed by atoms with van der Waals surface area (Å²) in [6.07, 6.45) is 1.75. The van der Waals surface area contributed by atoms with E-state index in [1.165, 1.54) is 4.88 Å².